The van der Waals surface area contributed by atoms with Crippen LogP contribution in [0.5, 0.6) is 0 Å². The van der Waals surface area contributed by atoms with Crippen molar-refractivity contribution in [3.8, 4) is 0 Å². The van der Waals surface area contributed by atoms with Crippen LogP contribution < -0.4 is 0 Å². The van der Waals surface area contributed by atoms with E-state index < -0.39 is 0 Å². The summed E-state index contributed by atoms with van der Waals surface area (Å²) in [5.74, 6) is 0. The van der Waals surface area contributed by atoms with E-state index in [0.29, 0.717) is 0 Å². The normalized spacial score (nSPS) is 21.1. The lowest BCUT2D eigenvalue weighted by Crippen LogP contribution is -1.88. The van der Waals surface area contributed by atoms with Crippen molar-refractivity contribution in [1.29, 1.82) is 0 Å². The third-order valence-corrected chi connectivity index (χ3v) is 1.03. The SMILES string of the molecule is OCC1CO1.c1ccoc1. The molecule has 1 N–H and O–H groups in total. The average Bonchev–Trinajstić information content (AvgIpc) is 2.63. The minimum atomic E-state index is 0.190. The molecule has 1 fully saturated rings. The van der Waals surface area contributed by atoms with Gasteiger partial charge < -0.3 is 14.3 Å². The second kappa shape index (κ2) is 4.09. The predicted octanol–water partition coefficient (Wildman–Crippen LogP) is 0.657. The number of furan rings is 1. The first-order valence-electron chi connectivity index (χ1n) is 3.13. The molecular formula is C7H10O3. The van der Waals surface area contributed by atoms with Gasteiger partial charge in [-0.1, -0.05) is 0 Å². The highest BCUT2D eigenvalue weighted by atomic mass is 16.6. The molecule has 3 nitrogen and oxygen atoms in total. The van der Waals surface area contributed by atoms with Gasteiger partial charge in [0.05, 0.1) is 25.7 Å². The third-order valence-electron chi connectivity index (χ3n) is 1.03. The Bertz CT molecular complexity index is 127. The van der Waals surface area contributed by atoms with E-state index in [9.17, 15) is 0 Å². The van der Waals surface area contributed by atoms with E-state index in [0.717, 1.165) is 6.61 Å². The molecule has 1 unspecified atom stereocenters. The molecule has 0 bridgehead atoms. The predicted molar refractivity (Wildman–Crippen MR) is 35.5 cm³/mol. The summed E-state index contributed by atoms with van der Waals surface area (Å²) in [5, 5.41) is 8.08. The third kappa shape index (κ3) is 3.27. The van der Waals surface area contributed by atoms with Crippen molar-refractivity contribution in [1.82, 2.24) is 0 Å². The van der Waals surface area contributed by atoms with Crippen LogP contribution in [-0.2, 0) is 4.74 Å². The monoisotopic (exact) mass is 142 g/mol. The van der Waals surface area contributed by atoms with Crippen molar-refractivity contribution < 1.29 is 14.3 Å². The Morgan fingerprint density at radius 2 is 2.00 bits per heavy atom. The Morgan fingerprint density at radius 3 is 2.10 bits per heavy atom. The van der Waals surface area contributed by atoms with Crippen LogP contribution in [0.15, 0.2) is 29.1 Å². The quantitative estimate of drug-likeness (QED) is 0.586. The maximum absolute atomic E-state index is 8.08. The molecule has 0 spiro atoms. The van der Waals surface area contributed by atoms with Gasteiger partial charge in [0.2, 0.25) is 0 Å². The summed E-state index contributed by atoms with van der Waals surface area (Å²) in [4.78, 5) is 0. The number of aliphatic hydroxyl groups excluding tert-OH is 1. The first kappa shape index (κ1) is 7.31. The van der Waals surface area contributed by atoms with Crippen LogP contribution in [0.1, 0.15) is 0 Å². The van der Waals surface area contributed by atoms with Gasteiger partial charge in [-0.15, -0.1) is 0 Å². The van der Waals surface area contributed by atoms with E-state index in [1.165, 1.54) is 0 Å². The van der Waals surface area contributed by atoms with Crippen molar-refractivity contribution in [2.45, 2.75) is 6.10 Å². The number of hydrogen-bond acceptors (Lipinski definition) is 3. The molecule has 3 heteroatoms. The van der Waals surface area contributed by atoms with E-state index in [1.807, 2.05) is 12.1 Å². The Morgan fingerprint density at radius 1 is 1.40 bits per heavy atom. The molecule has 0 aromatic carbocycles. The summed E-state index contributed by atoms with van der Waals surface area (Å²) in [5.41, 5.74) is 0. The number of hydrogen-bond donors (Lipinski definition) is 1. The number of epoxide rings is 1. The molecular weight excluding hydrogens is 132 g/mol. The molecule has 1 aromatic heterocycles. The van der Waals surface area contributed by atoms with Crippen LogP contribution in [0.25, 0.3) is 0 Å². The first-order valence-corrected chi connectivity index (χ1v) is 3.13. The zero-order valence-corrected chi connectivity index (χ0v) is 5.56. The van der Waals surface area contributed by atoms with Gasteiger partial charge in [-0.2, -0.15) is 0 Å². The zero-order chi connectivity index (χ0) is 7.23. The first-order chi connectivity index (χ1) is 4.93. The van der Waals surface area contributed by atoms with Gasteiger partial charge in [0.15, 0.2) is 0 Å². The molecule has 0 saturated carbocycles. The maximum atomic E-state index is 8.08. The van der Waals surface area contributed by atoms with E-state index in [2.05, 4.69) is 9.15 Å². The van der Waals surface area contributed by atoms with Crippen LogP contribution in [0.2, 0.25) is 0 Å². The summed E-state index contributed by atoms with van der Waals surface area (Å²) >= 11 is 0. The fourth-order valence-electron chi connectivity index (χ4n) is 0.400. The Hall–Kier alpha value is -0.800. The molecule has 0 aliphatic carbocycles. The van der Waals surface area contributed by atoms with Crippen molar-refractivity contribution in [3.63, 3.8) is 0 Å². The van der Waals surface area contributed by atoms with Crippen LogP contribution in [0, 0.1) is 0 Å². The molecule has 10 heavy (non-hydrogen) atoms. The lowest BCUT2D eigenvalue weighted by Gasteiger charge is -1.70. The minimum Gasteiger partial charge on any atom is -0.473 e. The summed E-state index contributed by atoms with van der Waals surface area (Å²) in [6, 6.07) is 3.67. The second-order valence-electron chi connectivity index (χ2n) is 1.93. The zero-order valence-electron chi connectivity index (χ0n) is 5.56. The fraction of sp³-hybridized carbons (Fsp3) is 0.429. The maximum Gasteiger partial charge on any atom is 0.104 e. The molecule has 1 aromatic rings. The fourth-order valence-corrected chi connectivity index (χ4v) is 0.400. The Kier molecular flexibility index (Phi) is 2.99. The van der Waals surface area contributed by atoms with Gasteiger partial charge in [0.1, 0.15) is 6.10 Å². The summed E-state index contributed by atoms with van der Waals surface area (Å²) in [7, 11) is 0. The highest BCUT2D eigenvalue weighted by molar-refractivity contribution is 4.79. The van der Waals surface area contributed by atoms with E-state index in [4.69, 9.17) is 5.11 Å². The summed E-state index contributed by atoms with van der Waals surface area (Å²) in [6.07, 6.45) is 3.44. The summed E-state index contributed by atoms with van der Waals surface area (Å²) in [6.45, 7) is 0.955. The van der Waals surface area contributed by atoms with Crippen LogP contribution >= 0.6 is 0 Å². The van der Waals surface area contributed by atoms with Gasteiger partial charge >= 0.3 is 0 Å². The molecule has 2 rings (SSSR count). The van der Waals surface area contributed by atoms with Gasteiger partial charge in [-0.25, -0.2) is 0 Å². The topological polar surface area (TPSA) is 45.9 Å². The molecule has 1 aliphatic heterocycles. The molecule has 1 aliphatic rings. The number of ether oxygens (including phenoxy) is 1. The standard InChI is InChI=1S/C4H4O.C3H6O2/c1-2-4-5-3-1;4-1-3-2-5-3/h1-4H;3-4H,1-2H2. The molecule has 1 saturated heterocycles. The molecule has 0 amide bonds. The van der Waals surface area contributed by atoms with Crippen LogP contribution in [0.4, 0.5) is 0 Å². The van der Waals surface area contributed by atoms with Crippen LogP contribution in [0.3, 0.4) is 0 Å². The average molecular weight is 142 g/mol. The lowest BCUT2D eigenvalue weighted by molar-refractivity contribution is 0.244. The highest BCUT2D eigenvalue weighted by Gasteiger charge is 2.19. The molecule has 2 heterocycles. The lowest BCUT2D eigenvalue weighted by atomic mass is 10.5. The number of rotatable bonds is 1. The van der Waals surface area contributed by atoms with Gasteiger partial charge in [0, 0.05) is 0 Å². The van der Waals surface area contributed by atoms with Crippen LogP contribution in [-0.4, -0.2) is 24.4 Å². The minimum absolute atomic E-state index is 0.190. The highest BCUT2D eigenvalue weighted by Crippen LogP contribution is 2.04. The number of aliphatic hydroxyl groups is 1. The molecule has 0 radical (unpaired) electrons. The van der Waals surface area contributed by atoms with Gasteiger partial charge in [-0.3, -0.25) is 0 Å². The Labute approximate surface area is 59.2 Å². The molecule has 56 valence electrons. The molecule has 1 atom stereocenters. The smallest absolute Gasteiger partial charge is 0.104 e. The van der Waals surface area contributed by atoms with Gasteiger partial charge in [0.25, 0.3) is 0 Å². The second-order valence-corrected chi connectivity index (χ2v) is 1.93. The van der Waals surface area contributed by atoms with Crippen molar-refractivity contribution in [2.75, 3.05) is 13.2 Å². The van der Waals surface area contributed by atoms with E-state index in [-0.39, 0.29) is 12.7 Å². The Balaban J connectivity index is 0.0000001000. The van der Waals surface area contributed by atoms with E-state index >= 15 is 0 Å². The van der Waals surface area contributed by atoms with E-state index in [1.54, 1.807) is 12.5 Å². The van der Waals surface area contributed by atoms with Crippen molar-refractivity contribution in [2.24, 2.45) is 0 Å². The largest absolute Gasteiger partial charge is 0.473 e. The van der Waals surface area contributed by atoms with Crippen molar-refractivity contribution >= 4 is 0 Å². The summed E-state index contributed by atoms with van der Waals surface area (Å²) < 4.78 is 9.19. The van der Waals surface area contributed by atoms with Crippen molar-refractivity contribution in [3.05, 3.63) is 24.7 Å². The van der Waals surface area contributed by atoms with Gasteiger partial charge in [-0.05, 0) is 12.1 Å².